The molecule has 9 atom stereocenters. The second-order valence-electron chi connectivity index (χ2n) is 12.8. The standard InChI is InChI=1S/C28H47F3/c1-5-20-14-16-27(4)22(18-20)10-12-23-24-13-11-21(26(24,3)17-15-25(23)27)9-7-6-8-19(2)28(29,30)31/h19-25H,5-18H2,1-4H3/t19-,20?,21-,22?,23?,24?,25?,26?,27?/m0/s1. The summed E-state index contributed by atoms with van der Waals surface area (Å²) in [5.41, 5.74) is 1.04. The second kappa shape index (κ2) is 8.86. The minimum Gasteiger partial charge on any atom is -0.171 e. The highest BCUT2D eigenvalue weighted by Crippen LogP contribution is 2.68. The molecule has 4 aliphatic rings. The number of unbranched alkanes of at least 4 members (excludes halogenated alkanes) is 1. The van der Waals surface area contributed by atoms with Crippen LogP contribution in [0.2, 0.25) is 0 Å². The summed E-state index contributed by atoms with van der Waals surface area (Å²) in [6.45, 7) is 8.97. The average molecular weight is 441 g/mol. The van der Waals surface area contributed by atoms with Crippen LogP contribution in [0.1, 0.15) is 118 Å². The lowest BCUT2D eigenvalue weighted by molar-refractivity contribution is -0.171. The summed E-state index contributed by atoms with van der Waals surface area (Å²) < 4.78 is 38.4. The summed E-state index contributed by atoms with van der Waals surface area (Å²) in [7, 11) is 0. The van der Waals surface area contributed by atoms with Gasteiger partial charge in [0.05, 0.1) is 5.92 Å². The normalized spacial score (nSPS) is 46.2. The second-order valence-corrected chi connectivity index (χ2v) is 12.8. The monoisotopic (exact) mass is 440 g/mol. The Morgan fingerprint density at radius 1 is 0.871 bits per heavy atom. The lowest BCUT2D eigenvalue weighted by Crippen LogP contribution is -2.53. The third kappa shape index (κ3) is 4.34. The van der Waals surface area contributed by atoms with Crippen molar-refractivity contribution in [3.05, 3.63) is 0 Å². The molecule has 0 spiro atoms. The van der Waals surface area contributed by atoms with Gasteiger partial charge in [-0.15, -0.1) is 0 Å². The van der Waals surface area contributed by atoms with Crippen molar-refractivity contribution in [1.29, 1.82) is 0 Å². The summed E-state index contributed by atoms with van der Waals surface area (Å²) in [6.07, 6.45) is 13.4. The van der Waals surface area contributed by atoms with Crippen molar-refractivity contribution in [2.24, 2.45) is 52.3 Å². The molecule has 0 bridgehead atoms. The van der Waals surface area contributed by atoms with E-state index in [0.717, 1.165) is 54.8 Å². The van der Waals surface area contributed by atoms with Crippen molar-refractivity contribution in [3.63, 3.8) is 0 Å². The number of hydrogen-bond acceptors (Lipinski definition) is 0. The highest BCUT2D eigenvalue weighted by atomic mass is 19.4. The first-order chi connectivity index (χ1) is 14.6. The molecule has 31 heavy (non-hydrogen) atoms. The molecule has 0 N–H and O–H groups in total. The predicted molar refractivity (Wildman–Crippen MR) is 123 cm³/mol. The Balaban J connectivity index is 1.36. The van der Waals surface area contributed by atoms with Gasteiger partial charge in [-0.25, -0.2) is 0 Å². The molecule has 4 aliphatic carbocycles. The van der Waals surface area contributed by atoms with Crippen LogP contribution in [0.3, 0.4) is 0 Å². The van der Waals surface area contributed by atoms with E-state index < -0.39 is 12.1 Å². The maximum atomic E-state index is 12.8. The molecule has 0 aliphatic heterocycles. The van der Waals surface area contributed by atoms with Gasteiger partial charge in [0.2, 0.25) is 0 Å². The molecule has 0 aromatic heterocycles. The van der Waals surface area contributed by atoms with E-state index in [9.17, 15) is 13.2 Å². The van der Waals surface area contributed by atoms with Gasteiger partial charge in [0.1, 0.15) is 0 Å². The number of alkyl halides is 3. The van der Waals surface area contributed by atoms with Crippen LogP contribution in [0.5, 0.6) is 0 Å². The highest BCUT2D eigenvalue weighted by molar-refractivity contribution is 5.09. The quantitative estimate of drug-likeness (QED) is 0.361. The van der Waals surface area contributed by atoms with Crippen LogP contribution in [0, 0.1) is 52.3 Å². The van der Waals surface area contributed by atoms with Gasteiger partial charge in [-0.1, -0.05) is 47.0 Å². The van der Waals surface area contributed by atoms with E-state index >= 15 is 0 Å². The molecule has 0 heterocycles. The van der Waals surface area contributed by atoms with Gasteiger partial charge in [0.25, 0.3) is 0 Å². The molecule has 4 rings (SSSR count). The summed E-state index contributed by atoms with van der Waals surface area (Å²) >= 11 is 0. The number of rotatable bonds is 6. The number of fused-ring (bicyclic) bond motifs is 5. The maximum absolute atomic E-state index is 12.8. The van der Waals surface area contributed by atoms with Gasteiger partial charge < -0.3 is 0 Å². The fourth-order valence-corrected chi connectivity index (χ4v) is 9.31. The van der Waals surface area contributed by atoms with Crippen molar-refractivity contribution in [2.45, 2.75) is 124 Å². The van der Waals surface area contributed by atoms with Gasteiger partial charge in [0, 0.05) is 0 Å². The molecule has 4 fully saturated rings. The first kappa shape index (κ1) is 23.9. The zero-order valence-corrected chi connectivity index (χ0v) is 20.6. The lowest BCUT2D eigenvalue weighted by Gasteiger charge is -2.61. The van der Waals surface area contributed by atoms with Crippen LogP contribution in [0.25, 0.3) is 0 Å². The van der Waals surface area contributed by atoms with E-state index in [-0.39, 0.29) is 0 Å². The lowest BCUT2D eigenvalue weighted by atomic mass is 9.44. The van der Waals surface area contributed by atoms with Gasteiger partial charge in [0.15, 0.2) is 0 Å². The summed E-state index contributed by atoms with van der Waals surface area (Å²) in [5.74, 6) is 4.28. The molecular formula is C28H47F3. The summed E-state index contributed by atoms with van der Waals surface area (Å²) in [6, 6.07) is 0. The Kier molecular flexibility index (Phi) is 6.84. The Hall–Kier alpha value is -0.210. The molecular weight excluding hydrogens is 393 g/mol. The zero-order valence-electron chi connectivity index (χ0n) is 20.6. The molecule has 180 valence electrons. The average Bonchev–Trinajstić information content (AvgIpc) is 3.06. The number of hydrogen-bond donors (Lipinski definition) is 0. The largest absolute Gasteiger partial charge is 0.391 e. The smallest absolute Gasteiger partial charge is 0.171 e. The zero-order chi connectivity index (χ0) is 22.4. The van der Waals surface area contributed by atoms with Crippen molar-refractivity contribution < 1.29 is 13.2 Å². The molecule has 7 unspecified atom stereocenters. The minimum atomic E-state index is -4.02. The maximum Gasteiger partial charge on any atom is 0.391 e. The van der Waals surface area contributed by atoms with E-state index in [1.54, 1.807) is 0 Å². The molecule has 3 heteroatoms. The Labute approximate surface area is 189 Å². The first-order valence-corrected chi connectivity index (χ1v) is 13.7. The molecule has 0 radical (unpaired) electrons. The van der Waals surface area contributed by atoms with Crippen LogP contribution in [-0.4, -0.2) is 6.18 Å². The third-order valence-corrected chi connectivity index (χ3v) is 11.5. The Morgan fingerprint density at radius 2 is 1.58 bits per heavy atom. The SMILES string of the molecule is CCC1CCC2(C)C(CCC3C2CCC2(C)C3CC[C@@H]2CCCC[C@H](C)C(F)(F)F)C1. The van der Waals surface area contributed by atoms with Crippen LogP contribution >= 0.6 is 0 Å². The molecule has 0 aromatic rings. The van der Waals surface area contributed by atoms with E-state index in [4.69, 9.17) is 0 Å². The van der Waals surface area contributed by atoms with E-state index in [0.29, 0.717) is 17.3 Å². The summed E-state index contributed by atoms with van der Waals surface area (Å²) in [4.78, 5) is 0. The van der Waals surface area contributed by atoms with Crippen molar-refractivity contribution in [1.82, 2.24) is 0 Å². The fourth-order valence-electron chi connectivity index (χ4n) is 9.31. The molecule has 0 amide bonds. The fraction of sp³-hybridized carbons (Fsp3) is 1.00. The predicted octanol–water partition coefficient (Wildman–Crippen LogP) is 9.43. The molecule has 4 saturated carbocycles. The first-order valence-electron chi connectivity index (χ1n) is 13.7. The summed E-state index contributed by atoms with van der Waals surface area (Å²) in [5, 5.41) is 0. The van der Waals surface area contributed by atoms with Crippen LogP contribution in [0.4, 0.5) is 13.2 Å². The van der Waals surface area contributed by atoms with Crippen molar-refractivity contribution in [2.75, 3.05) is 0 Å². The van der Waals surface area contributed by atoms with Crippen LogP contribution in [0.15, 0.2) is 0 Å². The third-order valence-electron chi connectivity index (χ3n) is 11.5. The van der Waals surface area contributed by atoms with E-state index in [1.807, 2.05) is 0 Å². The van der Waals surface area contributed by atoms with Crippen molar-refractivity contribution >= 4 is 0 Å². The topological polar surface area (TPSA) is 0 Å². The molecule has 0 nitrogen and oxygen atoms in total. The van der Waals surface area contributed by atoms with Crippen LogP contribution < -0.4 is 0 Å². The van der Waals surface area contributed by atoms with Crippen LogP contribution in [-0.2, 0) is 0 Å². The van der Waals surface area contributed by atoms with Gasteiger partial charge >= 0.3 is 6.18 Å². The van der Waals surface area contributed by atoms with Gasteiger partial charge in [-0.3, -0.25) is 0 Å². The van der Waals surface area contributed by atoms with E-state index in [2.05, 4.69) is 20.8 Å². The molecule has 0 aromatic carbocycles. The Morgan fingerprint density at radius 3 is 2.29 bits per heavy atom. The highest BCUT2D eigenvalue weighted by Gasteiger charge is 2.59. The molecule has 0 saturated heterocycles. The van der Waals surface area contributed by atoms with Crippen molar-refractivity contribution in [3.8, 4) is 0 Å². The van der Waals surface area contributed by atoms with E-state index in [1.165, 1.54) is 71.1 Å². The van der Waals surface area contributed by atoms with Gasteiger partial charge in [-0.2, -0.15) is 13.2 Å². The Bertz CT molecular complexity index is 612. The van der Waals surface area contributed by atoms with Gasteiger partial charge in [-0.05, 0) is 117 Å². The minimum absolute atomic E-state index is 0.305. The number of halogens is 3.